The Hall–Kier alpha value is -0.610. The van der Waals surface area contributed by atoms with Gasteiger partial charge in [0.1, 0.15) is 0 Å². The molecule has 0 fully saturated rings. The first-order valence-electron chi connectivity index (χ1n) is 6.09. The predicted octanol–water partition coefficient (Wildman–Crippen LogP) is 1.48. The van der Waals surface area contributed by atoms with Crippen LogP contribution in [0.5, 0.6) is 0 Å². The molecule has 3 N–H and O–H groups in total. The molecule has 0 spiro atoms. The maximum atomic E-state index is 10.8. The van der Waals surface area contributed by atoms with E-state index in [1.165, 1.54) is 0 Å². The molecule has 0 amide bonds. The number of carboxylic acid groups (broad SMARTS) is 1. The van der Waals surface area contributed by atoms with Crippen LogP contribution in [0.1, 0.15) is 40.0 Å². The van der Waals surface area contributed by atoms with Crippen LogP contribution in [0.25, 0.3) is 0 Å². The number of nitrogens with one attached hydrogen (secondary N) is 1. The molecule has 0 aliphatic carbocycles. The number of hydrogen-bond acceptors (Lipinski definition) is 3. The first-order valence-corrected chi connectivity index (χ1v) is 6.09. The standard InChI is InChI=1S/C12H25NO3/c1-4-5-11(6-7-14)8-13-10(3)9(2)12(15)16/h9-11,13-14H,4-8H2,1-3H3,(H,15,16). The first kappa shape index (κ1) is 15.4. The number of carboxylic acids is 1. The Balaban J connectivity index is 3.94. The fraction of sp³-hybridized carbons (Fsp3) is 0.917. The molecule has 3 atom stereocenters. The maximum absolute atomic E-state index is 10.8. The molecule has 4 heteroatoms. The summed E-state index contributed by atoms with van der Waals surface area (Å²) in [6.07, 6.45) is 2.95. The lowest BCUT2D eigenvalue weighted by atomic mass is 9.98. The summed E-state index contributed by atoms with van der Waals surface area (Å²) in [5.41, 5.74) is 0. The van der Waals surface area contributed by atoms with Crippen LogP contribution < -0.4 is 5.32 Å². The SMILES string of the molecule is CCCC(CCO)CNC(C)C(C)C(=O)O. The summed E-state index contributed by atoms with van der Waals surface area (Å²) in [6.45, 7) is 6.71. The van der Waals surface area contributed by atoms with Crippen LogP contribution in [0.4, 0.5) is 0 Å². The normalized spacial score (nSPS) is 16.8. The lowest BCUT2D eigenvalue weighted by Gasteiger charge is -2.22. The number of carbonyl (C=O) groups is 1. The van der Waals surface area contributed by atoms with E-state index in [1.54, 1.807) is 6.92 Å². The molecule has 16 heavy (non-hydrogen) atoms. The summed E-state index contributed by atoms with van der Waals surface area (Å²) in [5.74, 6) is -0.705. The van der Waals surface area contributed by atoms with Crippen LogP contribution in [0, 0.1) is 11.8 Å². The highest BCUT2D eigenvalue weighted by molar-refractivity contribution is 5.70. The second-order valence-corrected chi connectivity index (χ2v) is 4.49. The fourth-order valence-electron chi connectivity index (χ4n) is 1.68. The van der Waals surface area contributed by atoms with Crippen LogP contribution in [0.15, 0.2) is 0 Å². The Bertz CT molecular complexity index is 191. The number of aliphatic hydroxyl groups excluding tert-OH is 1. The largest absolute Gasteiger partial charge is 0.481 e. The molecule has 0 aromatic carbocycles. The van der Waals surface area contributed by atoms with Crippen LogP contribution in [0.3, 0.4) is 0 Å². The third kappa shape index (κ3) is 6.08. The maximum Gasteiger partial charge on any atom is 0.307 e. The average Bonchev–Trinajstić information content (AvgIpc) is 2.24. The van der Waals surface area contributed by atoms with Crippen molar-refractivity contribution in [1.82, 2.24) is 5.32 Å². The molecule has 4 nitrogen and oxygen atoms in total. The molecule has 0 bridgehead atoms. The zero-order valence-corrected chi connectivity index (χ0v) is 10.6. The number of hydrogen-bond donors (Lipinski definition) is 3. The molecule has 96 valence electrons. The topological polar surface area (TPSA) is 69.6 Å². The van der Waals surface area contributed by atoms with Gasteiger partial charge >= 0.3 is 5.97 Å². The molecule has 0 radical (unpaired) electrons. The summed E-state index contributed by atoms with van der Waals surface area (Å²) in [6, 6.07) is -0.0319. The highest BCUT2D eigenvalue weighted by Crippen LogP contribution is 2.11. The Morgan fingerprint density at radius 3 is 2.38 bits per heavy atom. The van der Waals surface area contributed by atoms with E-state index in [0.29, 0.717) is 5.92 Å². The van der Waals surface area contributed by atoms with Crippen molar-refractivity contribution in [2.75, 3.05) is 13.2 Å². The van der Waals surface area contributed by atoms with Gasteiger partial charge in [0, 0.05) is 12.6 Å². The van der Waals surface area contributed by atoms with E-state index < -0.39 is 5.97 Å². The number of aliphatic carboxylic acids is 1. The molecular formula is C12H25NO3. The predicted molar refractivity (Wildman–Crippen MR) is 64.4 cm³/mol. The van der Waals surface area contributed by atoms with E-state index in [0.717, 1.165) is 25.8 Å². The number of aliphatic hydroxyl groups is 1. The molecule has 0 saturated heterocycles. The van der Waals surface area contributed by atoms with Crippen molar-refractivity contribution in [2.45, 2.75) is 46.1 Å². The summed E-state index contributed by atoms with van der Waals surface area (Å²) < 4.78 is 0. The molecule has 0 rings (SSSR count). The second kappa shape index (κ2) is 8.53. The van der Waals surface area contributed by atoms with E-state index >= 15 is 0 Å². The third-order valence-corrected chi connectivity index (χ3v) is 3.10. The van der Waals surface area contributed by atoms with Gasteiger partial charge in [0.2, 0.25) is 0 Å². The Kier molecular flexibility index (Phi) is 8.21. The highest BCUT2D eigenvalue weighted by atomic mass is 16.4. The molecule has 0 aliphatic rings. The van der Waals surface area contributed by atoms with Crippen molar-refractivity contribution < 1.29 is 15.0 Å². The van der Waals surface area contributed by atoms with Gasteiger partial charge in [0.25, 0.3) is 0 Å². The van der Waals surface area contributed by atoms with Crippen molar-refractivity contribution in [3.63, 3.8) is 0 Å². The molecule has 0 aromatic rings. The molecule has 0 aliphatic heterocycles. The van der Waals surface area contributed by atoms with Crippen molar-refractivity contribution >= 4 is 5.97 Å². The van der Waals surface area contributed by atoms with Crippen molar-refractivity contribution in [3.8, 4) is 0 Å². The summed E-state index contributed by atoms with van der Waals surface area (Å²) >= 11 is 0. The van der Waals surface area contributed by atoms with Gasteiger partial charge in [-0.15, -0.1) is 0 Å². The van der Waals surface area contributed by atoms with Crippen molar-refractivity contribution in [1.29, 1.82) is 0 Å². The molecular weight excluding hydrogens is 206 g/mol. The van der Waals surface area contributed by atoms with Crippen LogP contribution in [-0.2, 0) is 4.79 Å². The van der Waals surface area contributed by atoms with Gasteiger partial charge in [-0.2, -0.15) is 0 Å². The summed E-state index contributed by atoms with van der Waals surface area (Å²) in [4.78, 5) is 10.8. The van der Waals surface area contributed by atoms with Crippen LogP contribution >= 0.6 is 0 Å². The minimum absolute atomic E-state index is 0.0319. The van der Waals surface area contributed by atoms with Gasteiger partial charge in [-0.3, -0.25) is 4.79 Å². The van der Waals surface area contributed by atoms with Gasteiger partial charge in [-0.25, -0.2) is 0 Å². The average molecular weight is 231 g/mol. The number of rotatable bonds is 9. The molecule has 0 saturated carbocycles. The van der Waals surface area contributed by atoms with E-state index in [9.17, 15) is 4.79 Å². The van der Waals surface area contributed by atoms with E-state index in [-0.39, 0.29) is 18.6 Å². The smallest absolute Gasteiger partial charge is 0.307 e. The lowest BCUT2D eigenvalue weighted by molar-refractivity contribution is -0.141. The molecule has 0 aromatic heterocycles. The van der Waals surface area contributed by atoms with Crippen LogP contribution in [0.2, 0.25) is 0 Å². The fourth-order valence-corrected chi connectivity index (χ4v) is 1.68. The van der Waals surface area contributed by atoms with Crippen molar-refractivity contribution in [3.05, 3.63) is 0 Å². The summed E-state index contributed by atoms with van der Waals surface area (Å²) in [5, 5.41) is 21.0. The quantitative estimate of drug-likeness (QED) is 0.562. The monoisotopic (exact) mass is 231 g/mol. The van der Waals surface area contributed by atoms with Gasteiger partial charge in [0.15, 0.2) is 0 Å². The molecule has 3 unspecified atom stereocenters. The molecule has 0 heterocycles. The summed E-state index contributed by atoms with van der Waals surface area (Å²) in [7, 11) is 0. The zero-order chi connectivity index (χ0) is 12.6. The lowest BCUT2D eigenvalue weighted by Crippen LogP contribution is -2.39. The van der Waals surface area contributed by atoms with E-state index in [4.69, 9.17) is 10.2 Å². The van der Waals surface area contributed by atoms with Gasteiger partial charge in [-0.05, 0) is 32.2 Å². The zero-order valence-electron chi connectivity index (χ0n) is 10.6. The van der Waals surface area contributed by atoms with E-state index in [1.807, 2.05) is 6.92 Å². The van der Waals surface area contributed by atoms with Gasteiger partial charge in [0.05, 0.1) is 5.92 Å². The second-order valence-electron chi connectivity index (χ2n) is 4.49. The van der Waals surface area contributed by atoms with Crippen LogP contribution in [-0.4, -0.2) is 35.4 Å². The Morgan fingerprint density at radius 1 is 1.31 bits per heavy atom. The Labute approximate surface area is 98.1 Å². The minimum Gasteiger partial charge on any atom is -0.481 e. The highest BCUT2D eigenvalue weighted by Gasteiger charge is 2.19. The third-order valence-electron chi connectivity index (χ3n) is 3.10. The minimum atomic E-state index is -0.769. The van der Waals surface area contributed by atoms with Crippen molar-refractivity contribution in [2.24, 2.45) is 11.8 Å². The van der Waals surface area contributed by atoms with Gasteiger partial charge < -0.3 is 15.5 Å². The first-order chi connectivity index (χ1) is 7.52. The van der Waals surface area contributed by atoms with Gasteiger partial charge in [-0.1, -0.05) is 20.3 Å². The Morgan fingerprint density at radius 2 is 1.94 bits per heavy atom. The van der Waals surface area contributed by atoms with E-state index in [2.05, 4.69) is 12.2 Å².